The highest BCUT2D eigenvalue weighted by Gasteiger charge is 2.27. The van der Waals surface area contributed by atoms with Crippen LogP contribution in [0.4, 0.5) is 4.39 Å². The van der Waals surface area contributed by atoms with E-state index in [2.05, 4.69) is 5.10 Å². The van der Waals surface area contributed by atoms with Crippen molar-refractivity contribution < 1.29 is 13.9 Å². The lowest BCUT2D eigenvalue weighted by atomic mass is 9.94. The van der Waals surface area contributed by atoms with Crippen LogP contribution in [-0.2, 0) is 19.6 Å². The Bertz CT molecular complexity index is 917. The summed E-state index contributed by atoms with van der Waals surface area (Å²) >= 11 is 0. The summed E-state index contributed by atoms with van der Waals surface area (Å²) in [4.78, 5) is 12.5. The van der Waals surface area contributed by atoms with Crippen molar-refractivity contribution in [3.8, 4) is 5.75 Å². The number of hydrogen-bond donors (Lipinski definition) is 0. The second-order valence-electron chi connectivity index (χ2n) is 6.43. The van der Waals surface area contributed by atoms with Gasteiger partial charge in [0.25, 0.3) is 0 Å². The van der Waals surface area contributed by atoms with Crippen molar-refractivity contribution in [1.29, 1.82) is 0 Å². The first-order valence-electron chi connectivity index (χ1n) is 8.75. The van der Waals surface area contributed by atoms with Crippen LogP contribution in [0.1, 0.15) is 40.2 Å². The van der Waals surface area contributed by atoms with E-state index in [4.69, 9.17) is 4.74 Å². The van der Waals surface area contributed by atoms with Crippen molar-refractivity contribution in [1.82, 2.24) is 9.78 Å². The molecule has 0 N–H and O–H groups in total. The lowest BCUT2D eigenvalue weighted by Gasteiger charge is -2.13. The Labute approximate surface area is 151 Å². The van der Waals surface area contributed by atoms with Crippen LogP contribution in [0.3, 0.4) is 0 Å². The minimum Gasteiger partial charge on any atom is -0.487 e. The number of rotatable bonds is 5. The second-order valence-corrected chi connectivity index (χ2v) is 6.43. The summed E-state index contributed by atoms with van der Waals surface area (Å²) in [6, 6.07) is 15.9. The second kappa shape index (κ2) is 7.12. The number of ether oxygens (including phenoxy) is 1. The third kappa shape index (κ3) is 3.38. The molecule has 2 aromatic carbocycles. The Hall–Kier alpha value is -2.95. The Morgan fingerprint density at radius 3 is 2.58 bits per heavy atom. The van der Waals surface area contributed by atoms with Gasteiger partial charge >= 0.3 is 0 Å². The van der Waals surface area contributed by atoms with Crippen molar-refractivity contribution in [2.75, 3.05) is 0 Å². The molecular formula is C21H19FN2O2. The number of fused-ring (bicyclic) bond motifs is 1. The van der Waals surface area contributed by atoms with E-state index >= 15 is 0 Å². The predicted molar refractivity (Wildman–Crippen MR) is 95.8 cm³/mol. The van der Waals surface area contributed by atoms with Gasteiger partial charge in [-0.15, -0.1) is 0 Å². The molecule has 0 amide bonds. The van der Waals surface area contributed by atoms with E-state index in [1.165, 1.54) is 12.1 Å². The predicted octanol–water partition coefficient (Wildman–Crippen LogP) is 4.17. The number of carbonyl (C=O) groups is 1. The fourth-order valence-corrected chi connectivity index (χ4v) is 3.33. The van der Waals surface area contributed by atoms with Gasteiger partial charge in [-0.1, -0.05) is 30.3 Å². The molecule has 1 heterocycles. The summed E-state index contributed by atoms with van der Waals surface area (Å²) in [7, 11) is 0. The molecule has 0 fully saturated rings. The molecule has 0 saturated carbocycles. The van der Waals surface area contributed by atoms with Crippen LogP contribution in [0.25, 0.3) is 0 Å². The van der Waals surface area contributed by atoms with E-state index in [0.29, 0.717) is 24.2 Å². The van der Waals surface area contributed by atoms with E-state index < -0.39 is 0 Å². The molecule has 26 heavy (non-hydrogen) atoms. The van der Waals surface area contributed by atoms with Gasteiger partial charge in [-0.2, -0.15) is 5.10 Å². The average Bonchev–Trinajstić information content (AvgIpc) is 3.02. The Morgan fingerprint density at radius 1 is 1.04 bits per heavy atom. The fraction of sp³-hybridized carbons (Fsp3) is 0.238. The molecular weight excluding hydrogens is 331 g/mol. The summed E-state index contributed by atoms with van der Waals surface area (Å²) < 4.78 is 20.8. The molecule has 1 aliphatic rings. The van der Waals surface area contributed by atoms with Crippen LogP contribution in [0.15, 0.2) is 54.6 Å². The van der Waals surface area contributed by atoms with Gasteiger partial charge in [-0.05, 0) is 42.7 Å². The van der Waals surface area contributed by atoms with Gasteiger partial charge in [-0.25, -0.2) is 4.39 Å². The molecule has 0 radical (unpaired) electrons. The molecule has 0 spiro atoms. The largest absolute Gasteiger partial charge is 0.487 e. The van der Waals surface area contributed by atoms with E-state index in [-0.39, 0.29) is 18.2 Å². The normalized spacial score (nSPS) is 13.5. The minimum atomic E-state index is -0.261. The quantitative estimate of drug-likeness (QED) is 0.694. The van der Waals surface area contributed by atoms with Crippen molar-refractivity contribution >= 4 is 5.78 Å². The third-order valence-electron chi connectivity index (χ3n) is 4.59. The lowest BCUT2D eigenvalue weighted by molar-refractivity contribution is 0.0969. The number of Topliss-reactive ketones (excluding diaryl/α,β-unsaturated/α-hetero) is 1. The number of ketones is 1. The van der Waals surface area contributed by atoms with Gasteiger partial charge in [0.15, 0.2) is 5.78 Å². The number of carbonyl (C=O) groups excluding carboxylic acids is 1. The molecule has 0 saturated heterocycles. The molecule has 0 aliphatic heterocycles. The van der Waals surface area contributed by atoms with Crippen LogP contribution >= 0.6 is 0 Å². The van der Waals surface area contributed by atoms with Crippen molar-refractivity contribution in [2.45, 2.75) is 32.4 Å². The molecule has 4 rings (SSSR count). The van der Waals surface area contributed by atoms with Crippen molar-refractivity contribution in [3.63, 3.8) is 0 Å². The summed E-state index contributed by atoms with van der Waals surface area (Å²) in [6.45, 7) is 0.774. The monoisotopic (exact) mass is 350 g/mol. The van der Waals surface area contributed by atoms with Crippen LogP contribution < -0.4 is 4.74 Å². The minimum absolute atomic E-state index is 0.128. The Kier molecular flexibility index (Phi) is 4.52. The zero-order valence-electron chi connectivity index (χ0n) is 14.3. The molecule has 5 heteroatoms. The number of nitrogens with zero attached hydrogens (tertiary/aromatic N) is 2. The number of para-hydroxylation sites is 1. The van der Waals surface area contributed by atoms with E-state index in [0.717, 1.165) is 29.8 Å². The standard InChI is InChI=1S/C21H19FN2O2/c22-16-11-9-15(10-12-16)13-24-19-7-4-8-20(25)21(19)18(23-24)14-26-17-5-2-1-3-6-17/h1-3,5-6,9-12H,4,7-8,13-14H2. The van der Waals surface area contributed by atoms with Crippen molar-refractivity contribution in [3.05, 3.63) is 82.9 Å². The lowest BCUT2D eigenvalue weighted by Crippen LogP contribution is -2.15. The molecule has 3 aromatic rings. The smallest absolute Gasteiger partial charge is 0.166 e. The zero-order valence-corrected chi connectivity index (χ0v) is 14.3. The summed E-state index contributed by atoms with van der Waals surface area (Å²) in [6.07, 6.45) is 2.20. The van der Waals surface area contributed by atoms with Crippen LogP contribution in [0.5, 0.6) is 5.75 Å². The van der Waals surface area contributed by atoms with Gasteiger partial charge in [0, 0.05) is 6.42 Å². The van der Waals surface area contributed by atoms with Gasteiger partial charge < -0.3 is 4.74 Å². The summed E-state index contributed by atoms with van der Waals surface area (Å²) in [5.74, 6) is 0.615. The Balaban J connectivity index is 1.62. The highest BCUT2D eigenvalue weighted by atomic mass is 19.1. The SMILES string of the molecule is O=C1CCCc2c1c(COc1ccccc1)nn2Cc1ccc(F)cc1. The van der Waals surface area contributed by atoms with Gasteiger partial charge in [-0.3, -0.25) is 9.48 Å². The highest BCUT2D eigenvalue weighted by molar-refractivity contribution is 5.99. The van der Waals surface area contributed by atoms with Crippen LogP contribution in [0.2, 0.25) is 0 Å². The first-order chi connectivity index (χ1) is 12.7. The van der Waals surface area contributed by atoms with E-state index in [1.807, 2.05) is 35.0 Å². The summed E-state index contributed by atoms with van der Waals surface area (Å²) in [5.41, 5.74) is 3.28. The molecule has 4 nitrogen and oxygen atoms in total. The van der Waals surface area contributed by atoms with E-state index in [1.54, 1.807) is 12.1 Å². The molecule has 1 aliphatic carbocycles. The van der Waals surface area contributed by atoms with Gasteiger partial charge in [0.1, 0.15) is 23.9 Å². The molecule has 132 valence electrons. The topological polar surface area (TPSA) is 44.1 Å². The van der Waals surface area contributed by atoms with E-state index in [9.17, 15) is 9.18 Å². The first kappa shape index (κ1) is 16.5. The number of aromatic nitrogens is 2. The van der Waals surface area contributed by atoms with Gasteiger partial charge in [0.05, 0.1) is 17.8 Å². The maximum absolute atomic E-state index is 13.1. The number of halogens is 1. The Morgan fingerprint density at radius 2 is 1.81 bits per heavy atom. The molecule has 1 aromatic heterocycles. The summed E-state index contributed by atoms with van der Waals surface area (Å²) in [5, 5.41) is 4.65. The fourth-order valence-electron chi connectivity index (χ4n) is 3.33. The molecule has 0 unspecified atom stereocenters. The average molecular weight is 350 g/mol. The highest BCUT2D eigenvalue weighted by Crippen LogP contribution is 2.26. The van der Waals surface area contributed by atoms with Crippen molar-refractivity contribution in [2.24, 2.45) is 0 Å². The maximum Gasteiger partial charge on any atom is 0.166 e. The molecule has 0 atom stereocenters. The maximum atomic E-state index is 13.1. The zero-order chi connectivity index (χ0) is 17.9. The van der Waals surface area contributed by atoms with Crippen LogP contribution in [-0.4, -0.2) is 15.6 Å². The number of benzene rings is 2. The number of hydrogen-bond acceptors (Lipinski definition) is 3. The first-order valence-corrected chi connectivity index (χ1v) is 8.75. The van der Waals surface area contributed by atoms with Crippen LogP contribution in [0, 0.1) is 5.82 Å². The third-order valence-corrected chi connectivity index (χ3v) is 4.59. The van der Waals surface area contributed by atoms with Gasteiger partial charge in [0.2, 0.25) is 0 Å². The molecule has 0 bridgehead atoms.